The number of benzene rings is 1. The summed E-state index contributed by atoms with van der Waals surface area (Å²) in [5, 5.41) is 18.2. The molecule has 0 atom stereocenters. The summed E-state index contributed by atoms with van der Waals surface area (Å²) in [5.74, 6) is 0. The Labute approximate surface area is 120 Å². The van der Waals surface area contributed by atoms with Crippen LogP contribution in [0.2, 0.25) is 0 Å². The molecule has 1 aromatic heterocycles. The summed E-state index contributed by atoms with van der Waals surface area (Å²) in [7, 11) is 3.84. The van der Waals surface area contributed by atoms with Gasteiger partial charge in [0.05, 0.1) is 5.56 Å². The summed E-state index contributed by atoms with van der Waals surface area (Å²) in [6.07, 6.45) is 0. The number of hydrogen-bond acceptors (Lipinski definition) is 7. The third-order valence-corrected chi connectivity index (χ3v) is 4.59. The molecule has 7 heteroatoms. The molecule has 0 aliphatic heterocycles. The van der Waals surface area contributed by atoms with Gasteiger partial charge in [-0.15, -0.1) is 10.2 Å². The van der Waals surface area contributed by atoms with Crippen molar-refractivity contribution in [2.75, 3.05) is 19.0 Å². The molecule has 0 saturated heterocycles. The molecular formula is C12H13N5S2. The van der Waals surface area contributed by atoms with Crippen molar-refractivity contribution in [1.29, 1.82) is 5.26 Å². The molecule has 0 aliphatic carbocycles. The average Bonchev–Trinajstić information content (AvgIpc) is 2.88. The molecule has 1 aromatic carbocycles. The van der Waals surface area contributed by atoms with Crippen LogP contribution in [0.3, 0.4) is 0 Å². The topological polar surface area (TPSA) is 78.8 Å². The maximum absolute atomic E-state index is 9.16. The first-order chi connectivity index (χ1) is 9.13. The van der Waals surface area contributed by atoms with E-state index >= 15 is 0 Å². The van der Waals surface area contributed by atoms with Crippen LogP contribution in [-0.4, -0.2) is 24.3 Å². The predicted octanol–water partition coefficient (Wildman–Crippen LogP) is 2.09. The Morgan fingerprint density at radius 1 is 1.42 bits per heavy atom. The molecule has 0 bridgehead atoms. The van der Waals surface area contributed by atoms with E-state index in [9.17, 15) is 0 Å². The molecule has 0 aliphatic rings. The summed E-state index contributed by atoms with van der Waals surface area (Å²) in [4.78, 5) is 2.78. The standard InChI is InChI=1S/C12H13N5S2/c1-17(2)11-15-16-12(19-11)18-10-4-3-8(6-13)5-9(10)7-14/h3-5H,6,13H2,1-2H3. The lowest BCUT2D eigenvalue weighted by atomic mass is 10.1. The van der Waals surface area contributed by atoms with E-state index in [1.807, 2.05) is 37.2 Å². The Morgan fingerprint density at radius 3 is 2.79 bits per heavy atom. The van der Waals surface area contributed by atoms with E-state index in [0.717, 1.165) is 19.9 Å². The number of rotatable bonds is 4. The first-order valence-electron chi connectivity index (χ1n) is 5.56. The van der Waals surface area contributed by atoms with Crippen molar-refractivity contribution in [3.8, 4) is 6.07 Å². The highest BCUT2D eigenvalue weighted by Crippen LogP contribution is 2.34. The van der Waals surface area contributed by atoms with E-state index in [2.05, 4.69) is 16.3 Å². The van der Waals surface area contributed by atoms with E-state index in [4.69, 9.17) is 11.0 Å². The van der Waals surface area contributed by atoms with Crippen molar-refractivity contribution in [3.05, 3.63) is 29.3 Å². The number of nitrogens with zero attached hydrogens (tertiary/aromatic N) is 4. The van der Waals surface area contributed by atoms with Gasteiger partial charge in [-0.25, -0.2) is 0 Å². The van der Waals surface area contributed by atoms with Gasteiger partial charge < -0.3 is 10.6 Å². The summed E-state index contributed by atoms with van der Waals surface area (Å²) in [5.41, 5.74) is 7.14. The van der Waals surface area contributed by atoms with E-state index in [1.165, 1.54) is 23.1 Å². The van der Waals surface area contributed by atoms with Crippen LogP contribution in [-0.2, 0) is 6.54 Å². The Kier molecular flexibility index (Phi) is 4.37. The number of aromatic nitrogens is 2. The molecule has 2 rings (SSSR count). The molecule has 0 radical (unpaired) electrons. The second-order valence-electron chi connectivity index (χ2n) is 3.99. The fraction of sp³-hybridized carbons (Fsp3) is 0.250. The van der Waals surface area contributed by atoms with Crippen LogP contribution in [0.4, 0.5) is 5.13 Å². The molecule has 19 heavy (non-hydrogen) atoms. The molecule has 2 aromatic rings. The number of nitriles is 1. The number of nitrogens with two attached hydrogens (primary N) is 1. The lowest BCUT2D eigenvalue weighted by Gasteiger charge is -2.04. The van der Waals surface area contributed by atoms with Gasteiger partial charge in [0.15, 0.2) is 4.34 Å². The minimum absolute atomic E-state index is 0.434. The van der Waals surface area contributed by atoms with Crippen molar-refractivity contribution in [3.63, 3.8) is 0 Å². The maximum atomic E-state index is 9.16. The summed E-state index contributed by atoms with van der Waals surface area (Å²) in [6.45, 7) is 0.434. The molecular weight excluding hydrogens is 278 g/mol. The zero-order valence-electron chi connectivity index (χ0n) is 10.6. The van der Waals surface area contributed by atoms with Crippen molar-refractivity contribution < 1.29 is 0 Å². The lowest BCUT2D eigenvalue weighted by molar-refractivity contribution is 0.972. The zero-order chi connectivity index (χ0) is 13.8. The minimum atomic E-state index is 0.434. The zero-order valence-corrected chi connectivity index (χ0v) is 12.3. The highest BCUT2D eigenvalue weighted by molar-refractivity contribution is 8.01. The summed E-state index contributed by atoms with van der Waals surface area (Å²) < 4.78 is 0.820. The molecule has 98 valence electrons. The van der Waals surface area contributed by atoms with Crippen LogP contribution >= 0.6 is 23.1 Å². The van der Waals surface area contributed by atoms with Crippen molar-refractivity contribution in [2.24, 2.45) is 5.73 Å². The monoisotopic (exact) mass is 291 g/mol. The third-order valence-electron chi connectivity index (χ3n) is 2.38. The van der Waals surface area contributed by atoms with E-state index in [0.29, 0.717) is 12.1 Å². The van der Waals surface area contributed by atoms with Gasteiger partial charge in [-0.3, -0.25) is 0 Å². The van der Waals surface area contributed by atoms with Gasteiger partial charge in [0.1, 0.15) is 6.07 Å². The summed E-state index contributed by atoms with van der Waals surface area (Å²) in [6, 6.07) is 7.84. The fourth-order valence-electron chi connectivity index (χ4n) is 1.40. The van der Waals surface area contributed by atoms with Gasteiger partial charge in [0.2, 0.25) is 5.13 Å². The Balaban J connectivity index is 2.25. The first kappa shape index (κ1) is 13.8. The van der Waals surface area contributed by atoms with Crippen molar-refractivity contribution in [1.82, 2.24) is 10.2 Å². The van der Waals surface area contributed by atoms with Crippen LogP contribution in [0.15, 0.2) is 27.4 Å². The quantitative estimate of drug-likeness (QED) is 0.929. The van der Waals surface area contributed by atoms with Gasteiger partial charge in [-0.05, 0) is 17.7 Å². The molecule has 5 nitrogen and oxygen atoms in total. The highest BCUT2D eigenvalue weighted by atomic mass is 32.2. The maximum Gasteiger partial charge on any atom is 0.208 e. The van der Waals surface area contributed by atoms with Crippen LogP contribution in [0.25, 0.3) is 0 Å². The Bertz CT molecular complexity index is 615. The van der Waals surface area contributed by atoms with E-state index in [-0.39, 0.29) is 0 Å². The van der Waals surface area contributed by atoms with Crippen LogP contribution in [0, 0.1) is 11.3 Å². The second-order valence-corrected chi connectivity index (χ2v) is 6.24. The SMILES string of the molecule is CN(C)c1nnc(Sc2ccc(CN)cc2C#N)s1. The third kappa shape index (κ3) is 3.23. The normalized spacial score (nSPS) is 10.2. The Morgan fingerprint density at radius 2 is 2.21 bits per heavy atom. The fourth-order valence-corrected chi connectivity index (χ4v) is 3.18. The van der Waals surface area contributed by atoms with Gasteiger partial charge in [-0.1, -0.05) is 29.2 Å². The molecule has 0 fully saturated rings. The lowest BCUT2D eigenvalue weighted by Crippen LogP contribution is -2.07. The van der Waals surface area contributed by atoms with Crippen LogP contribution < -0.4 is 10.6 Å². The van der Waals surface area contributed by atoms with E-state index in [1.54, 1.807) is 0 Å². The number of anilines is 1. The molecule has 0 saturated carbocycles. The molecule has 0 unspecified atom stereocenters. The predicted molar refractivity (Wildman–Crippen MR) is 77.4 cm³/mol. The van der Waals surface area contributed by atoms with E-state index < -0.39 is 0 Å². The second kappa shape index (κ2) is 6.02. The summed E-state index contributed by atoms with van der Waals surface area (Å²) >= 11 is 2.95. The molecule has 0 amide bonds. The van der Waals surface area contributed by atoms with Gasteiger partial charge in [-0.2, -0.15) is 5.26 Å². The van der Waals surface area contributed by atoms with Gasteiger partial charge in [0.25, 0.3) is 0 Å². The highest BCUT2D eigenvalue weighted by Gasteiger charge is 2.10. The largest absolute Gasteiger partial charge is 0.353 e. The van der Waals surface area contributed by atoms with Gasteiger partial charge in [0, 0.05) is 25.5 Å². The number of hydrogen-bond donors (Lipinski definition) is 1. The van der Waals surface area contributed by atoms with Gasteiger partial charge >= 0.3 is 0 Å². The average molecular weight is 291 g/mol. The van der Waals surface area contributed by atoms with Crippen LogP contribution in [0.5, 0.6) is 0 Å². The Hall–Kier alpha value is -1.62. The van der Waals surface area contributed by atoms with Crippen LogP contribution in [0.1, 0.15) is 11.1 Å². The van der Waals surface area contributed by atoms with Crippen molar-refractivity contribution >= 4 is 28.2 Å². The smallest absolute Gasteiger partial charge is 0.208 e. The molecule has 0 spiro atoms. The minimum Gasteiger partial charge on any atom is -0.353 e. The first-order valence-corrected chi connectivity index (χ1v) is 7.19. The molecule has 2 N–H and O–H groups in total. The van der Waals surface area contributed by atoms with Crippen molar-refractivity contribution in [2.45, 2.75) is 15.8 Å². The molecule has 1 heterocycles.